The van der Waals surface area contributed by atoms with Gasteiger partial charge in [0, 0.05) is 18.3 Å². The Bertz CT molecular complexity index is 551. The van der Waals surface area contributed by atoms with Crippen LogP contribution in [0.3, 0.4) is 0 Å². The van der Waals surface area contributed by atoms with Gasteiger partial charge in [0.05, 0.1) is 6.54 Å². The average molecular weight is 259 g/mol. The van der Waals surface area contributed by atoms with Crippen molar-refractivity contribution in [2.75, 3.05) is 25.0 Å². The van der Waals surface area contributed by atoms with E-state index in [9.17, 15) is 9.59 Å². The molecule has 1 aliphatic heterocycles. The van der Waals surface area contributed by atoms with Gasteiger partial charge in [-0.2, -0.15) is 0 Å². The Labute approximate surface area is 112 Å². The lowest BCUT2D eigenvalue weighted by atomic mass is 10.0. The average Bonchev–Trinajstić information content (AvgIpc) is 3.13. The Balaban J connectivity index is 1.98. The van der Waals surface area contributed by atoms with Crippen LogP contribution in [0.2, 0.25) is 0 Å². The van der Waals surface area contributed by atoms with Gasteiger partial charge in [-0.05, 0) is 24.5 Å². The molecule has 19 heavy (non-hydrogen) atoms. The molecule has 0 spiro atoms. The molecule has 1 aromatic carbocycles. The van der Waals surface area contributed by atoms with E-state index in [-0.39, 0.29) is 30.4 Å². The first kappa shape index (κ1) is 12.2. The minimum Gasteiger partial charge on any atom is -0.335 e. The van der Waals surface area contributed by atoms with E-state index in [1.54, 1.807) is 11.9 Å². The molecule has 2 N–H and O–H groups in total. The van der Waals surface area contributed by atoms with Gasteiger partial charge in [-0.25, -0.2) is 0 Å². The second kappa shape index (κ2) is 4.06. The molecule has 0 radical (unpaired) electrons. The van der Waals surface area contributed by atoms with Crippen molar-refractivity contribution in [2.24, 2.45) is 5.73 Å². The number of hydrogen-bond donors (Lipinski definition) is 1. The molecule has 0 aromatic heterocycles. The SMILES string of the molecule is CN1CC(=O)N(c2ccccc2C2(N)CC2)CC1=O. The molecular weight excluding hydrogens is 242 g/mol. The summed E-state index contributed by atoms with van der Waals surface area (Å²) in [6.45, 7) is 0.229. The number of para-hydroxylation sites is 1. The van der Waals surface area contributed by atoms with Crippen LogP contribution in [0.1, 0.15) is 18.4 Å². The minimum absolute atomic E-state index is 0.0451. The lowest BCUT2D eigenvalue weighted by Gasteiger charge is -2.33. The van der Waals surface area contributed by atoms with Gasteiger partial charge in [0.2, 0.25) is 11.8 Å². The first-order chi connectivity index (χ1) is 9.01. The topological polar surface area (TPSA) is 66.6 Å². The third-order valence-electron chi connectivity index (χ3n) is 3.91. The number of hydrogen-bond acceptors (Lipinski definition) is 3. The molecule has 1 aromatic rings. The monoisotopic (exact) mass is 259 g/mol. The second-order valence-electron chi connectivity index (χ2n) is 5.40. The number of piperazine rings is 1. The zero-order valence-corrected chi connectivity index (χ0v) is 10.9. The van der Waals surface area contributed by atoms with Gasteiger partial charge in [-0.3, -0.25) is 9.59 Å². The van der Waals surface area contributed by atoms with Gasteiger partial charge in [0.1, 0.15) is 6.54 Å². The summed E-state index contributed by atoms with van der Waals surface area (Å²) in [7, 11) is 1.65. The molecule has 1 saturated carbocycles. The normalized spacial score (nSPS) is 21.8. The Morgan fingerprint density at radius 3 is 2.47 bits per heavy atom. The fraction of sp³-hybridized carbons (Fsp3) is 0.429. The molecule has 5 nitrogen and oxygen atoms in total. The Kier molecular flexibility index (Phi) is 2.60. The van der Waals surface area contributed by atoms with E-state index >= 15 is 0 Å². The number of rotatable bonds is 2. The smallest absolute Gasteiger partial charge is 0.247 e. The molecule has 5 heteroatoms. The van der Waals surface area contributed by atoms with Crippen LogP contribution >= 0.6 is 0 Å². The van der Waals surface area contributed by atoms with Crippen molar-refractivity contribution in [3.63, 3.8) is 0 Å². The molecule has 0 unspecified atom stereocenters. The van der Waals surface area contributed by atoms with Crippen LogP contribution in [0, 0.1) is 0 Å². The summed E-state index contributed by atoms with van der Waals surface area (Å²) < 4.78 is 0. The van der Waals surface area contributed by atoms with Gasteiger partial charge in [-0.15, -0.1) is 0 Å². The van der Waals surface area contributed by atoms with Crippen molar-refractivity contribution >= 4 is 17.5 Å². The maximum absolute atomic E-state index is 12.1. The van der Waals surface area contributed by atoms with E-state index in [0.717, 1.165) is 24.1 Å². The maximum atomic E-state index is 12.1. The van der Waals surface area contributed by atoms with Crippen LogP contribution < -0.4 is 10.6 Å². The summed E-state index contributed by atoms with van der Waals surface area (Å²) in [5.74, 6) is -0.102. The van der Waals surface area contributed by atoms with E-state index < -0.39 is 0 Å². The number of amides is 2. The van der Waals surface area contributed by atoms with E-state index in [2.05, 4.69) is 0 Å². The van der Waals surface area contributed by atoms with Crippen LogP contribution in [-0.4, -0.2) is 36.9 Å². The second-order valence-corrected chi connectivity index (χ2v) is 5.40. The van der Waals surface area contributed by atoms with Crippen molar-refractivity contribution in [1.29, 1.82) is 0 Å². The predicted molar refractivity (Wildman–Crippen MR) is 71.5 cm³/mol. The van der Waals surface area contributed by atoms with Crippen LogP contribution in [0.4, 0.5) is 5.69 Å². The van der Waals surface area contributed by atoms with Gasteiger partial charge in [0.15, 0.2) is 0 Å². The van der Waals surface area contributed by atoms with Crippen molar-refractivity contribution in [3.8, 4) is 0 Å². The van der Waals surface area contributed by atoms with Crippen molar-refractivity contribution in [3.05, 3.63) is 29.8 Å². The van der Waals surface area contributed by atoms with E-state index in [0.29, 0.717) is 0 Å². The summed E-state index contributed by atoms with van der Waals surface area (Å²) in [5.41, 5.74) is 7.69. The quantitative estimate of drug-likeness (QED) is 0.838. The Morgan fingerprint density at radius 2 is 1.79 bits per heavy atom. The van der Waals surface area contributed by atoms with Crippen LogP contribution in [0.5, 0.6) is 0 Å². The third kappa shape index (κ3) is 2.00. The summed E-state index contributed by atoms with van der Waals surface area (Å²) in [4.78, 5) is 27.0. The lowest BCUT2D eigenvalue weighted by molar-refractivity contribution is -0.136. The van der Waals surface area contributed by atoms with Crippen molar-refractivity contribution in [1.82, 2.24) is 4.90 Å². The highest BCUT2D eigenvalue weighted by atomic mass is 16.2. The van der Waals surface area contributed by atoms with E-state index in [1.165, 1.54) is 4.90 Å². The fourth-order valence-electron chi connectivity index (χ4n) is 2.47. The molecule has 1 heterocycles. The van der Waals surface area contributed by atoms with E-state index in [4.69, 9.17) is 5.73 Å². The predicted octanol–water partition coefficient (Wildman–Crippen LogP) is 0.439. The molecule has 2 amide bonds. The number of benzene rings is 1. The summed E-state index contributed by atoms with van der Waals surface area (Å²) in [5, 5.41) is 0. The zero-order chi connectivity index (χ0) is 13.6. The van der Waals surface area contributed by atoms with Crippen molar-refractivity contribution in [2.45, 2.75) is 18.4 Å². The minimum atomic E-state index is -0.316. The molecule has 1 saturated heterocycles. The number of anilines is 1. The number of likely N-dealkylation sites (N-methyl/N-ethyl adjacent to an activating group) is 1. The van der Waals surface area contributed by atoms with Crippen molar-refractivity contribution < 1.29 is 9.59 Å². The van der Waals surface area contributed by atoms with Gasteiger partial charge < -0.3 is 15.5 Å². The van der Waals surface area contributed by atoms with Gasteiger partial charge >= 0.3 is 0 Å². The first-order valence-corrected chi connectivity index (χ1v) is 6.44. The third-order valence-corrected chi connectivity index (χ3v) is 3.91. The zero-order valence-electron chi connectivity index (χ0n) is 10.9. The first-order valence-electron chi connectivity index (χ1n) is 6.44. The Morgan fingerprint density at radius 1 is 1.11 bits per heavy atom. The number of nitrogens with zero attached hydrogens (tertiary/aromatic N) is 2. The highest BCUT2D eigenvalue weighted by Crippen LogP contribution is 2.46. The van der Waals surface area contributed by atoms with Crippen LogP contribution in [-0.2, 0) is 15.1 Å². The summed E-state index contributed by atoms with van der Waals surface area (Å²) >= 11 is 0. The molecule has 2 aliphatic rings. The van der Waals surface area contributed by atoms with Crippen LogP contribution in [0.25, 0.3) is 0 Å². The molecular formula is C14H17N3O2. The molecule has 100 valence electrons. The maximum Gasteiger partial charge on any atom is 0.247 e. The number of carbonyl (C=O) groups is 2. The van der Waals surface area contributed by atoms with Crippen LogP contribution in [0.15, 0.2) is 24.3 Å². The fourth-order valence-corrected chi connectivity index (χ4v) is 2.47. The summed E-state index contributed by atoms with van der Waals surface area (Å²) in [6.07, 6.45) is 1.86. The van der Waals surface area contributed by atoms with Gasteiger partial charge in [-0.1, -0.05) is 18.2 Å². The molecule has 0 atom stereocenters. The van der Waals surface area contributed by atoms with Gasteiger partial charge in [0.25, 0.3) is 0 Å². The largest absolute Gasteiger partial charge is 0.335 e. The number of nitrogens with two attached hydrogens (primary N) is 1. The number of carbonyl (C=O) groups excluding carboxylic acids is 2. The highest BCUT2D eigenvalue weighted by Gasteiger charge is 2.43. The van der Waals surface area contributed by atoms with E-state index in [1.807, 2.05) is 24.3 Å². The molecule has 0 bridgehead atoms. The Hall–Kier alpha value is -1.88. The highest BCUT2D eigenvalue weighted by molar-refractivity contribution is 6.05. The standard InChI is InChI=1S/C14H17N3O2/c1-16-8-13(19)17(9-12(16)18)11-5-3-2-4-10(11)14(15)6-7-14/h2-5H,6-9,15H2,1H3. The molecule has 3 rings (SSSR count). The lowest BCUT2D eigenvalue weighted by Crippen LogP contribution is -2.52. The molecule has 1 aliphatic carbocycles. The summed E-state index contributed by atoms with van der Waals surface area (Å²) in [6, 6.07) is 7.63. The molecule has 2 fully saturated rings.